The molecule has 0 unspecified atom stereocenters. The highest BCUT2D eigenvalue weighted by Gasteiger charge is 2.73. The molecule has 1 aromatic carbocycles. The molecule has 1 spiro atoms. The van der Waals surface area contributed by atoms with E-state index in [1.54, 1.807) is 6.07 Å². The Bertz CT molecular complexity index is 867. The zero-order chi connectivity index (χ0) is 19.4. The molecule has 2 bridgehead atoms. The van der Waals surface area contributed by atoms with Gasteiger partial charge in [0, 0.05) is 18.2 Å². The number of aliphatic hydroxyl groups is 1. The number of hydrogen-bond acceptors (Lipinski definition) is 6. The number of piperidine rings is 1. The molecule has 0 radical (unpaired) electrons. The van der Waals surface area contributed by atoms with Crippen LogP contribution in [0.15, 0.2) is 12.1 Å². The summed E-state index contributed by atoms with van der Waals surface area (Å²) in [5.74, 6) is 1.59. The van der Waals surface area contributed by atoms with E-state index in [-0.39, 0.29) is 30.1 Å². The third-order valence-electron chi connectivity index (χ3n) is 8.61. The van der Waals surface area contributed by atoms with Crippen LogP contribution in [0, 0.1) is 5.92 Å². The van der Waals surface area contributed by atoms with Crippen molar-refractivity contribution in [2.75, 3.05) is 26.3 Å². The normalized spacial score (nSPS) is 44.3. The topological polar surface area (TPSA) is 74.7 Å². The molecule has 6 heteroatoms. The van der Waals surface area contributed by atoms with Crippen LogP contribution in [0.3, 0.4) is 0 Å². The van der Waals surface area contributed by atoms with E-state index in [1.807, 2.05) is 0 Å². The van der Waals surface area contributed by atoms with E-state index < -0.39 is 11.0 Å². The highest BCUT2D eigenvalue weighted by Crippen LogP contribution is 2.65. The van der Waals surface area contributed by atoms with Gasteiger partial charge in [-0.1, -0.05) is 6.07 Å². The van der Waals surface area contributed by atoms with Gasteiger partial charge in [-0.05, 0) is 62.6 Å². The number of epoxide rings is 1. The minimum absolute atomic E-state index is 0.0761. The first-order chi connectivity index (χ1) is 14.1. The summed E-state index contributed by atoms with van der Waals surface area (Å²) < 4.78 is 18.1. The number of nitrogens with zero attached hydrogens (tertiary/aromatic N) is 1. The minimum Gasteiger partial charge on any atom is -0.504 e. The zero-order valence-electron chi connectivity index (χ0n) is 16.7. The van der Waals surface area contributed by atoms with Gasteiger partial charge in [-0.3, -0.25) is 4.90 Å². The number of hydrogen-bond donors (Lipinski definition) is 2. The highest BCUT2D eigenvalue weighted by molar-refractivity contribution is 5.62. The Balaban J connectivity index is 1.34. The fourth-order valence-corrected chi connectivity index (χ4v) is 7.00. The van der Waals surface area contributed by atoms with Crippen LogP contribution >= 0.6 is 0 Å². The number of phenols is 1. The maximum absolute atomic E-state index is 12.3. The van der Waals surface area contributed by atoms with Crippen LogP contribution in [0.5, 0.6) is 11.5 Å². The van der Waals surface area contributed by atoms with Crippen molar-refractivity contribution in [3.8, 4) is 11.5 Å². The number of aromatic hydroxyl groups is 1. The maximum Gasteiger partial charge on any atom is 0.165 e. The summed E-state index contributed by atoms with van der Waals surface area (Å²) in [4.78, 5) is 2.56. The minimum atomic E-state index is -0.827. The van der Waals surface area contributed by atoms with Gasteiger partial charge in [-0.25, -0.2) is 0 Å². The van der Waals surface area contributed by atoms with Crippen LogP contribution in [0.25, 0.3) is 0 Å². The predicted molar refractivity (Wildman–Crippen MR) is 104 cm³/mol. The summed E-state index contributed by atoms with van der Waals surface area (Å²) in [6, 6.07) is 3.94. The fourth-order valence-electron chi connectivity index (χ4n) is 7.00. The molecule has 3 aliphatic carbocycles. The highest BCUT2D eigenvalue weighted by atomic mass is 16.6. The first-order valence-electron chi connectivity index (χ1n) is 11.3. The fraction of sp³-hybridized carbons (Fsp3) is 0.739. The van der Waals surface area contributed by atoms with Crippen molar-refractivity contribution < 1.29 is 24.4 Å². The van der Waals surface area contributed by atoms with E-state index >= 15 is 0 Å². The quantitative estimate of drug-likeness (QED) is 0.735. The molecule has 3 aliphatic heterocycles. The van der Waals surface area contributed by atoms with E-state index in [9.17, 15) is 10.2 Å². The van der Waals surface area contributed by atoms with Gasteiger partial charge in [-0.15, -0.1) is 0 Å². The zero-order valence-corrected chi connectivity index (χ0v) is 16.7. The van der Waals surface area contributed by atoms with E-state index in [2.05, 4.69) is 11.0 Å². The second kappa shape index (κ2) is 5.67. The number of ether oxygens (including phenoxy) is 3. The van der Waals surface area contributed by atoms with E-state index in [0.717, 1.165) is 56.9 Å². The average Bonchev–Trinajstić information content (AvgIpc) is 3.62. The molecule has 4 fully saturated rings. The lowest BCUT2D eigenvalue weighted by Crippen LogP contribution is -2.77. The molecule has 2 N–H and O–H groups in total. The van der Waals surface area contributed by atoms with Gasteiger partial charge in [-0.2, -0.15) is 0 Å². The monoisotopic (exact) mass is 399 g/mol. The standard InChI is InChI=1S/C23H29NO5/c25-16-4-3-14-9-18-23(26)6-5-17(28-12-15-11-27-15)21-22(23,19(14)20(16)29-21)7-8-24(18)10-13-1-2-13/h3-4,13,15,17-18,21,25-26H,1-2,5-12H2/t15-,17+,18+,21-,22-,23+/m0/s1. The molecule has 0 aromatic heterocycles. The molecule has 3 heterocycles. The SMILES string of the molecule is Oc1ccc2c3c1O[C@H]1[C@H](OC[C@@H]4CO4)CC[C@@]4(O)[C@@H](C2)N(CC2CC2)CC[C@]314. The van der Waals surface area contributed by atoms with Crippen molar-refractivity contribution in [2.45, 2.75) is 73.9 Å². The smallest absolute Gasteiger partial charge is 0.165 e. The van der Waals surface area contributed by atoms with Crippen molar-refractivity contribution in [3.63, 3.8) is 0 Å². The molecule has 7 rings (SSSR count). The Morgan fingerprint density at radius 3 is 2.86 bits per heavy atom. The summed E-state index contributed by atoms with van der Waals surface area (Å²) in [6.07, 6.45) is 5.75. The van der Waals surface area contributed by atoms with Gasteiger partial charge < -0.3 is 24.4 Å². The molecule has 6 aliphatic rings. The van der Waals surface area contributed by atoms with Crippen molar-refractivity contribution in [3.05, 3.63) is 23.3 Å². The molecule has 29 heavy (non-hydrogen) atoms. The van der Waals surface area contributed by atoms with Gasteiger partial charge in [0.05, 0.1) is 30.3 Å². The van der Waals surface area contributed by atoms with Crippen LogP contribution in [0.2, 0.25) is 0 Å². The van der Waals surface area contributed by atoms with Crippen molar-refractivity contribution in [1.29, 1.82) is 0 Å². The molecule has 6 nitrogen and oxygen atoms in total. The van der Waals surface area contributed by atoms with Crippen molar-refractivity contribution in [1.82, 2.24) is 4.90 Å². The Morgan fingerprint density at radius 1 is 1.21 bits per heavy atom. The van der Waals surface area contributed by atoms with Gasteiger partial charge in [0.15, 0.2) is 11.5 Å². The molecular weight excluding hydrogens is 370 g/mol. The van der Waals surface area contributed by atoms with Gasteiger partial charge in [0.25, 0.3) is 0 Å². The van der Waals surface area contributed by atoms with Crippen LogP contribution in [0.1, 0.15) is 43.2 Å². The Morgan fingerprint density at radius 2 is 2.07 bits per heavy atom. The number of benzene rings is 1. The lowest BCUT2D eigenvalue weighted by Gasteiger charge is -2.64. The molecule has 2 saturated carbocycles. The Kier molecular flexibility index (Phi) is 3.39. The predicted octanol–water partition coefficient (Wildman–Crippen LogP) is 1.74. The first-order valence-corrected chi connectivity index (χ1v) is 11.3. The molecular formula is C23H29NO5. The molecule has 1 aromatic rings. The van der Waals surface area contributed by atoms with Crippen molar-refractivity contribution in [2.24, 2.45) is 5.92 Å². The Labute approximate surface area is 170 Å². The summed E-state index contributed by atoms with van der Waals surface area (Å²) in [5, 5.41) is 22.9. The largest absolute Gasteiger partial charge is 0.504 e. The molecule has 0 amide bonds. The molecule has 6 atom stereocenters. The van der Waals surface area contributed by atoms with Crippen molar-refractivity contribution >= 4 is 0 Å². The number of rotatable bonds is 5. The van der Waals surface area contributed by atoms with E-state index in [4.69, 9.17) is 14.2 Å². The third kappa shape index (κ3) is 2.21. The lowest BCUT2D eigenvalue weighted by molar-refractivity contribution is -0.215. The van der Waals surface area contributed by atoms with Gasteiger partial charge >= 0.3 is 0 Å². The summed E-state index contributed by atoms with van der Waals surface area (Å²) in [5.41, 5.74) is 1.00. The summed E-state index contributed by atoms with van der Waals surface area (Å²) in [7, 11) is 0. The van der Waals surface area contributed by atoms with Crippen LogP contribution in [-0.4, -0.2) is 71.4 Å². The molecule has 2 saturated heterocycles. The lowest BCUT2D eigenvalue weighted by atomic mass is 9.48. The second-order valence-corrected chi connectivity index (χ2v) is 10.2. The Hall–Kier alpha value is -1.34. The second-order valence-electron chi connectivity index (χ2n) is 10.2. The van der Waals surface area contributed by atoms with Gasteiger partial charge in [0.2, 0.25) is 0 Å². The van der Waals surface area contributed by atoms with E-state index in [1.165, 1.54) is 18.4 Å². The van der Waals surface area contributed by atoms with Crippen LogP contribution in [-0.2, 0) is 21.3 Å². The van der Waals surface area contributed by atoms with E-state index in [0.29, 0.717) is 12.4 Å². The first kappa shape index (κ1) is 17.4. The third-order valence-corrected chi connectivity index (χ3v) is 8.61. The summed E-state index contributed by atoms with van der Waals surface area (Å²) >= 11 is 0. The molecule has 156 valence electrons. The number of likely N-dealkylation sites (tertiary alicyclic amines) is 1. The van der Waals surface area contributed by atoms with Crippen LogP contribution in [0.4, 0.5) is 0 Å². The maximum atomic E-state index is 12.3. The summed E-state index contributed by atoms with van der Waals surface area (Å²) in [6.45, 7) is 3.45. The van der Waals surface area contributed by atoms with Crippen LogP contribution < -0.4 is 4.74 Å². The average molecular weight is 399 g/mol. The van der Waals surface area contributed by atoms with Gasteiger partial charge in [0.1, 0.15) is 12.2 Å². The number of phenolic OH excluding ortho intramolecular Hbond substituents is 1.